The molecule has 1 aliphatic rings. The monoisotopic (exact) mass is 395 g/mol. The molecule has 2 aromatic rings. The fourth-order valence-corrected chi connectivity index (χ4v) is 6.23. The zero-order chi connectivity index (χ0) is 18.9. The lowest BCUT2D eigenvalue weighted by molar-refractivity contribution is -0.120. The third-order valence-electron chi connectivity index (χ3n) is 4.44. The molecule has 1 atom stereocenters. The Morgan fingerprint density at radius 3 is 2.77 bits per heavy atom. The first-order valence-corrected chi connectivity index (χ1v) is 11.6. The summed E-state index contributed by atoms with van der Waals surface area (Å²) in [5.41, 5.74) is 1.33. The van der Waals surface area contributed by atoms with Gasteiger partial charge in [-0.05, 0) is 31.4 Å². The zero-order valence-electron chi connectivity index (χ0n) is 15.4. The van der Waals surface area contributed by atoms with E-state index in [1.165, 1.54) is 11.8 Å². The Bertz CT molecular complexity index is 921. The van der Waals surface area contributed by atoms with E-state index in [2.05, 4.69) is 28.7 Å². The van der Waals surface area contributed by atoms with E-state index in [0.717, 1.165) is 22.7 Å². The van der Waals surface area contributed by atoms with Crippen molar-refractivity contribution in [2.75, 3.05) is 17.3 Å². The number of benzene rings is 1. The topological polar surface area (TPSA) is 81.1 Å². The van der Waals surface area contributed by atoms with Crippen molar-refractivity contribution in [1.29, 1.82) is 0 Å². The highest BCUT2D eigenvalue weighted by Gasteiger charge is 2.39. The lowest BCUT2D eigenvalue weighted by Crippen LogP contribution is -2.47. The maximum atomic E-state index is 12.4. The van der Waals surface area contributed by atoms with E-state index in [1.807, 2.05) is 24.3 Å². The van der Waals surface area contributed by atoms with Crippen LogP contribution in [0, 0.1) is 5.92 Å². The van der Waals surface area contributed by atoms with E-state index in [9.17, 15) is 13.2 Å². The molecule has 2 heterocycles. The molecule has 1 aliphatic heterocycles. The molecule has 1 N–H and O–H groups in total. The SMILES string of the molecule is CC(C)Cn1c(SCC(=O)N[C@@]2(C)CCS(=O)(=O)C2)nc2ccccc21. The van der Waals surface area contributed by atoms with Gasteiger partial charge in [0.05, 0.1) is 33.8 Å². The number of rotatable bonds is 6. The molecule has 26 heavy (non-hydrogen) atoms. The number of sulfone groups is 1. The van der Waals surface area contributed by atoms with Gasteiger partial charge in [0, 0.05) is 6.54 Å². The Morgan fingerprint density at radius 2 is 2.12 bits per heavy atom. The summed E-state index contributed by atoms with van der Waals surface area (Å²) in [6.07, 6.45) is 0.470. The summed E-state index contributed by atoms with van der Waals surface area (Å²) < 4.78 is 25.5. The number of carbonyl (C=O) groups excluding carboxylic acids is 1. The first-order valence-electron chi connectivity index (χ1n) is 8.77. The molecular weight excluding hydrogens is 370 g/mol. The van der Waals surface area contributed by atoms with Gasteiger partial charge in [0.2, 0.25) is 5.91 Å². The van der Waals surface area contributed by atoms with Crippen molar-refractivity contribution in [3.8, 4) is 0 Å². The fourth-order valence-electron chi connectivity index (χ4n) is 3.32. The van der Waals surface area contributed by atoms with Crippen LogP contribution in [0.2, 0.25) is 0 Å². The second-order valence-electron chi connectivity index (χ2n) is 7.63. The van der Waals surface area contributed by atoms with Crippen LogP contribution in [-0.4, -0.2) is 46.7 Å². The number of hydrogen-bond acceptors (Lipinski definition) is 5. The fraction of sp³-hybridized carbons (Fsp3) is 0.556. The molecule has 1 aromatic carbocycles. The molecule has 1 amide bonds. The van der Waals surface area contributed by atoms with Crippen LogP contribution in [0.25, 0.3) is 11.0 Å². The molecule has 1 aromatic heterocycles. The Morgan fingerprint density at radius 1 is 1.38 bits per heavy atom. The number of hydrogen-bond donors (Lipinski definition) is 1. The van der Waals surface area contributed by atoms with E-state index < -0.39 is 15.4 Å². The Hall–Kier alpha value is -1.54. The number of nitrogens with one attached hydrogen (secondary N) is 1. The summed E-state index contributed by atoms with van der Waals surface area (Å²) in [5.74, 6) is 0.682. The maximum absolute atomic E-state index is 12.4. The van der Waals surface area contributed by atoms with Crippen molar-refractivity contribution in [1.82, 2.24) is 14.9 Å². The van der Waals surface area contributed by atoms with E-state index in [4.69, 9.17) is 0 Å². The van der Waals surface area contributed by atoms with Gasteiger partial charge in [0.15, 0.2) is 15.0 Å². The minimum Gasteiger partial charge on any atom is -0.349 e. The van der Waals surface area contributed by atoms with Gasteiger partial charge < -0.3 is 9.88 Å². The van der Waals surface area contributed by atoms with E-state index in [-0.39, 0.29) is 23.2 Å². The minimum atomic E-state index is -3.04. The molecular formula is C18H25N3O3S2. The van der Waals surface area contributed by atoms with E-state index in [1.54, 1.807) is 6.92 Å². The van der Waals surface area contributed by atoms with Crippen molar-refractivity contribution < 1.29 is 13.2 Å². The third kappa shape index (κ3) is 4.40. The van der Waals surface area contributed by atoms with Crippen LogP contribution in [-0.2, 0) is 21.2 Å². The van der Waals surface area contributed by atoms with Gasteiger partial charge in [-0.15, -0.1) is 0 Å². The van der Waals surface area contributed by atoms with Gasteiger partial charge in [-0.1, -0.05) is 37.7 Å². The minimum absolute atomic E-state index is 0.0161. The normalized spacial score (nSPS) is 22.2. The third-order valence-corrected chi connectivity index (χ3v) is 7.32. The summed E-state index contributed by atoms with van der Waals surface area (Å²) in [6.45, 7) is 6.93. The standard InChI is InChI=1S/C18H25N3O3S2/c1-13(2)10-21-15-7-5-4-6-14(15)19-17(21)25-11-16(22)20-18(3)8-9-26(23,24)12-18/h4-7,13H,8-12H2,1-3H3,(H,20,22)/t18-/m0/s1. The molecule has 0 radical (unpaired) electrons. The van der Waals surface area contributed by atoms with Crippen molar-refractivity contribution in [2.24, 2.45) is 5.92 Å². The first kappa shape index (κ1) is 19.2. The Balaban J connectivity index is 1.70. The Kier molecular flexibility index (Phi) is 5.35. The number of fused-ring (bicyclic) bond motifs is 1. The van der Waals surface area contributed by atoms with Gasteiger partial charge in [-0.3, -0.25) is 4.79 Å². The van der Waals surface area contributed by atoms with Crippen LogP contribution in [0.1, 0.15) is 27.2 Å². The second kappa shape index (κ2) is 7.23. The van der Waals surface area contributed by atoms with Gasteiger partial charge in [-0.25, -0.2) is 13.4 Å². The highest BCUT2D eigenvalue weighted by Crippen LogP contribution is 2.26. The highest BCUT2D eigenvalue weighted by atomic mass is 32.2. The lowest BCUT2D eigenvalue weighted by Gasteiger charge is -2.23. The summed E-state index contributed by atoms with van der Waals surface area (Å²) in [5, 5.41) is 3.72. The van der Waals surface area contributed by atoms with Crippen LogP contribution in [0.15, 0.2) is 29.4 Å². The van der Waals surface area contributed by atoms with Crippen molar-refractivity contribution in [3.63, 3.8) is 0 Å². The molecule has 0 aliphatic carbocycles. The number of carbonyl (C=O) groups is 1. The molecule has 0 saturated carbocycles. The van der Waals surface area contributed by atoms with Gasteiger partial charge in [-0.2, -0.15) is 0 Å². The van der Waals surface area contributed by atoms with Crippen LogP contribution >= 0.6 is 11.8 Å². The number of para-hydroxylation sites is 2. The molecule has 6 nitrogen and oxygen atoms in total. The number of aromatic nitrogens is 2. The summed E-state index contributed by atoms with van der Waals surface area (Å²) in [4.78, 5) is 17.0. The average Bonchev–Trinajstić information content (AvgIpc) is 3.02. The Labute approximate surface area is 158 Å². The largest absolute Gasteiger partial charge is 0.349 e. The number of nitrogens with zero attached hydrogens (tertiary/aromatic N) is 2. The molecule has 3 rings (SSSR count). The van der Waals surface area contributed by atoms with Gasteiger partial charge >= 0.3 is 0 Å². The van der Waals surface area contributed by atoms with E-state index >= 15 is 0 Å². The predicted molar refractivity (Wildman–Crippen MR) is 105 cm³/mol. The van der Waals surface area contributed by atoms with Crippen molar-refractivity contribution in [3.05, 3.63) is 24.3 Å². The molecule has 0 spiro atoms. The molecule has 1 saturated heterocycles. The number of imidazole rings is 1. The molecule has 8 heteroatoms. The number of amides is 1. The van der Waals surface area contributed by atoms with Crippen LogP contribution in [0.3, 0.4) is 0 Å². The highest BCUT2D eigenvalue weighted by molar-refractivity contribution is 7.99. The molecule has 0 unspecified atom stereocenters. The van der Waals surface area contributed by atoms with Crippen molar-refractivity contribution in [2.45, 2.75) is 44.4 Å². The van der Waals surface area contributed by atoms with Crippen LogP contribution in [0.4, 0.5) is 0 Å². The van der Waals surface area contributed by atoms with Gasteiger partial charge in [0.25, 0.3) is 0 Å². The van der Waals surface area contributed by atoms with Crippen LogP contribution < -0.4 is 5.32 Å². The molecule has 0 bridgehead atoms. The number of thioether (sulfide) groups is 1. The summed E-state index contributed by atoms with van der Waals surface area (Å²) in [6, 6.07) is 7.96. The van der Waals surface area contributed by atoms with Gasteiger partial charge in [0.1, 0.15) is 0 Å². The average molecular weight is 396 g/mol. The predicted octanol–water partition coefficient (Wildman–Crippen LogP) is 2.48. The molecule has 142 valence electrons. The lowest BCUT2D eigenvalue weighted by atomic mass is 10.0. The molecule has 1 fully saturated rings. The van der Waals surface area contributed by atoms with Crippen LogP contribution in [0.5, 0.6) is 0 Å². The maximum Gasteiger partial charge on any atom is 0.230 e. The van der Waals surface area contributed by atoms with Crippen molar-refractivity contribution >= 4 is 38.5 Å². The summed E-state index contributed by atoms with van der Waals surface area (Å²) >= 11 is 1.40. The second-order valence-corrected chi connectivity index (χ2v) is 10.8. The smallest absolute Gasteiger partial charge is 0.230 e. The summed E-state index contributed by atoms with van der Waals surface area (Å²) in [7, 11) is -3.04. The first-order chi connectivity index (χ1) is 12.2. The quantitative estimate of drug-likeness (QED) is 0.760. The zero-order valence-corrected chi connectivity index (χ0v) is 17.0. The van der Waals surface area contributed by atoms with E-state index in [0.29, 0.717) is 12.3 Å².